The fourth-order valence-corrected chi connectivity index (χ4v) is 7.10. The average Bonchev–Trinajstić information content (AvgIpc) is 3.75. The summed E-state index contributed by atoms with van der Waals surface area (Å²) in [5.74, 6) is -8.12. The number of nitrogens with two attached hydrogens (primary N) is 1. The largest absolute Gasteiger partial charge is 0.481 e. The van der Waals surface area contributed by atoms with Crippen molar-refractivity contribution in [1.29, 1.82) is 0 Å². The summed E-state index contributed by atoms with van der Waals surface area (Å²) < 4.78 is 23.5. The molecule has 69 heavy (non-hydrogen) atoms. The van der Waals surface area contributed by atoms with E-state index in [1.54, 1.807) is 20.0 Å². The van der Waals surface area contributed by atoms with Crippen molar-refractivity contribution in [2.45, 2.75) is 147 Å². The van der Waals surface area contributed by atoms with E-state index in [-0.39, 0.29) is 109 Å². The number of carboxylic acids is 2. The number of aliphatic carboxylic acids is 2. The van der Waals surface area contributed by atoms with Gasteiger partial charge >= 0.3 is 11.9 Å². The molecule has 4 amide bonds. The van der Waals surface area contributed by atoms with Crippen LogP contribution in [0.4, 0.5) is 0 Å². The van der Waals surface area contributed by atoms with Gasteiger partial charge in [-0.2, -0.15) is 0 Å². The first kappa shape index (κ1) is 59.8. The molecule has 1 aliphatic heterocycles. The molecule has 1 fully saturated rings. The summed E-state index contributed by atoms with van der Waals surface area (Å²) in [5, 5.41) is 64.1. The number of ketones is 3. The Kier molecular flexibility index (Phi) is 28.2. The minimum Gasteiger partial charge on any atom is -0.481 e. The van der Waals surface area contributed by atoms with Crippen LogP contribution in [0, 0.1) is 17.8 Å². The van der Waals surface area contributed by atoms with E-state index in [2.05, 4.69) is 26.3 Å². The number of nitrogens with zero attached hydrogens (tertiary/aromatic N) is 3. The van der Waals surface area contributed by atoms with Crippen molar-refractivity contribution in [3.63, 3.8) is 0 Å². The molecule has 1 aromatic rings. The molecule has 1 aromatic heterocycles. The van der Waals surface area contributed by atoms with E-state index in [0.29, 0.717) is 31.4 Å². The van der Waals surface area contributed by atoms with Gasteiger partial charge in [-0.05, 0) is 25.7 Å². The number of aliphatic hydroxyl groups is 3. The van der Waals surface area contributed by atoms with Crippen LogP contribution in [0.2, 0.25) is 0 Å². The molecule has 2 unspecified atom stereocenters. The van der Waals surface area contributed by atoms with Crippen molar-refractivity contribution in [3.05, 3.63) is 11.9 Å². The van der Waals surface area contributed by atoms with Gasteiger partial charge in [0.2, 0.25) is 23.6 Å². The zero-order valence-electron chi connectivity index (χ0n) is 39.6. The first-order valence-electron chi connectivity index (χ1n) is 23.1. The summed E-state index contributed by atoms with van der Waals surface area (Å²) >= 11 is 0. The molecule has 8 atom stereocenters. The van der Waals surface area contributed by atoms with Gasteiger partial charge in [-0.1, -0.05) is 31.9 Å². The Bertz CT molecular complexity index is 1830. The van der Waals surface area contributed by atoms with Gasteiger partial charge in [-0.3, -0.25) is 43.2 Å². The lowest BCUT2D eigenvalue weighted by atomic mass is 9.89. The summed E-state index contributed by atoms with van der Waals surface area (Å²) in [6, 6.07) is -2.38. The molecule has 25 heteroatoms. The Hall–Kier alpha value is -5.31. The van der Waals surface area contributed by atoms with Crippen molar-refractivity contribution in [3.8, 4) is 0 Å². The molecule has 0 radical (unpaired) electrons. The predicted molar refractivity (Wildman–Crippen MR) is 238 cm³/mol. The van der Waals surface area contributed by atoms with E-state index in [0.717, 1.165) is 0 Å². The number of nitrogens with one attached hydrogen (secondary N) is 3. The number of ether oxygens (including phenoxy) is 4. The number of Topliss-reactive ketones (excluding diaryl/α,β-unsaturated/α-hetero) is 3. The van der Waals surface area contributed by atoms with Crippen LogP contribution < -0.4 is 21.7 Å². The number of primary amides is 1. The highest BCUT2D eigenvalue weighted by Gasteiger charge is 2.45. The first-order chi connectivity index (χ1) is 32.7. The molecule has 1 saturated heterocycles. The van der Waals surface area contributed by atoms with Crippen LogP contribution in [-0.2, 0) is 75.1 Å². The molecule has 2 rings (SSSR count). The smallest absolute Gasteiger partial charge is 0.303 e. The molecular formula is C44H71N7O18. The second-order valence-corrected chi connectivity index (χ2v) is 17.1. The zero-order valence-corrected chi connectivity index (χ0v) is 39.6. The first-order valence-corrected chi connectivity index (χ1v) is 23.1. The number of unbranched alkanes of at least 4 members (excludes halogenated alkanes) is 2. The Morgan fingerprint density at radius 3 is 2.16 bits per heavy atom. The van der Waals surface area contributed by atoms with Crippen LogP contribution in [0.15, 0.2) is 6.20 Å². The van der Waals surface area contributed by atoms with Crippen molar-refractivity contribution >= 4 is 52.9 Å². The number of carbonyl (C=O) groups excluding carboxylic acids is 7. The minimum absolute atomic E-state index is 0.0199. The van der Waals surface area contributed by atoms with Gasteiger partial charge in [0.1, 0.15) is 36.7 Å². The number of hydrogen-bond donors (Lipinski definition) is 9. The molecule has 0 aromatic carbocycles. The topological polar surface area (TPSA) is 385 Å². The van der Waals surface area contributed by atoms with Gasteiger partial charge < -0.3 is 66.2 Å². The lowest BCUT2D eigenvalue weighted by molar-refractivity contribution is -0.270. The highest BCUT2D eigenvalue weighted by atomic mass is 16.7. The monoisotopic (exact) mass is 985 g/mol. The number of aryl methyl sites for hydroxylation is 1. The third-order valence-corrected chi connectivity index (χ3v) is 11.1. The maximum Gasteiger partial charge on any atom is 0.303 e. The lowest BCUT2D eigenvalue weighted by Crippen LogP contribution is -2.64. The fourth-order valence-electron chi connectivity index (χ4n) is 7.10. The van der Waals surface area contributed by atoms with Crippen molar-refractivity contribution in [1.82, 2.24) is 30.9 Å². The Morgan fingerprint density at radius 2 is 1.51 bits per heavy atom. The number of carboxylic acid groups (broad SMARTS) is 2. The Balaban J connectivity index is 1.62. The number of hydrogen-bond acceptors (Lipinski definition) is 18. The third kappa shape index (κ3) is 24.2. The predicted octanol–water partition coefficient (Wildman–Crippen LogP) is -1.65. The van der Waals surface area contributed by atoms with Gasteiger partial charge in [0.15, 0.2) is 17.9 Å². The van der Waals surface area contributed by atoms with Crippen LogP contribution >= 0.6 is 0 Å². The summed E-state index contributed by atoms with van der Waals surface area (Å²) in [7, 11) is 0. The van der Waals surface area contributed by atoms with Gasteiger partial charge in [-0.25, -0.2) is 4.68 Å². The number of amides is 4. The van der Waals surface area contributed by atoms with E-state index in [1.165, 1.54) is 11.6 Å². The summed E-state index contributed by atoms with van der Waals surface area (Å²) in [6.45, 7) is 4.77. The van der Waals surface area contributed by atoms with Crippen molar-refractivity contribution < 1.29 is 87.6 Å². The van der Waals surface area contributed by atoms with Crippen LogP contribution in [-0.4, -0.2) is 176 Å². The molecule has 390 valence electrons. The number of aliphatic hydroxyl groups excluding tert-OH is 3. The standard InChI is InChI=1S/C44H71N7O18/c1-26(2)33(55)22-29(9-13-37(58)59)43(65)48-32(11-14-38(60)61)34(56)21-28(42(45)64)7-5-4-6-8-31(54)25-67-20-19-66-17-15-46-36(57)12-10-30-23-51(50-49-30)16-18-68-44-39(47-27(3)53)41(63)40(62)35(24-52)69-44/h23,26,28-29,32,35,39-41,44,52,62-63H,4-22,24-25H2,1-3H3,(H2,45,64)(H,46,57)(H,47,53)(H,48,65)(H,58,59)(H,60,61)/t28-,29-,32+,35?,39?,40-,41-,44-/m1/s1. The number of carbonyl (C=O) groups is 9. The molecule has 2 heterocycles. The normalized spacial score (nSPS) is 19.3. The Morgan fingerprint density at radius 1 is 0.826 bits per heavy atom. The van der Waals surface area contributed by atoms with E-state index < -0.39 is 109 Å². The second kappa shape index (κ2) is 32.5. The molecule has 10 N–H and O–H groups in total. The van der Waals surface area contributed by atoms with Crippen LogP contribution in [0.5, 0.6) is 0 Å². The fraction of sp³-hybridized carbons (Fsp3) is 0.750. The van der Waals surface area contributed by atoms with Gasteiger partial charge in [-0.15, -0.1) is 5.10 Å². The molecular weight excluding hydrogens is 915 g/mol. The lowest BCUT2D eigenvalue weighted by Gasteiger charge is -2.42. The maximum atomic E-state index is 13.3. The van der Waals surface area contributed by atoms with E-state index >= 15 is 0 Å². The SMILES string of the molecule is CC(=O)NC1[C@H](OCCn2cc(CCC(=O)NCCOCCOCC(=O)CCCCC[C@H](CC(=O)[C@H](CCC(=O)O)NC(=O)[C@H](CCC(=O)O)CC(=O)C(C)C)C(N)=O)nn2)OC(CO)[C@@H](O)[C@@H]1O. The summed E-state index contributed by atoms with van der Waals surface area (Å²) in [4.78, 5) is 110. The van der Waals surface area contributed by atoms with Gasteiger partial charge in [0, 0.05) is 82.4 Å². The van der Waals surface area contributed by atoms with Gasteiger partial charge in [0.05, 0.1) is 51.3 Å². The molecule has 0 spiro atoms. The number of aromatic nitrogens is 3. The zero-order chi connectivity index (χ0) is 51.5. The summed E-state index contributed by atoms with van der Waals surface area (Å²) in [6.07, 6.45) is -3.20. The van der Waals surface area contributed by atoms with Crippen LogP contribution in [0.3, 0.4) is 0 Å². The second-order valence-electron chi connectivity index (χ2n) is 17.1. The molecule has 0 bridgehead atoms. The van der Waals surface area contributed by atoms with Crippen molar-refractivity contribution in [2.24, 2.45) is 23.5 Å². The third-order valence-electron chi connectivity index (χ3n) is 11.1. The molecule has 0 saturated carbocycles. The maximum absolute atomic E-state index is 13.3. The van der Waals surface area contributed by atoms with Gasteiger partial charge in [0.25, 0.3) is 0 Å². The van der Waals surface area contributed by atoms with E-state index in [4.69, 9.17) is 29.8 Å². The Labute approximate surface area is 399 Å². The molecule has 1 aliphatic rings. The molecule has 25 nitrogen and oxygen atoms in total. The van der Waals surface area contributed by atoms with Crippen molar-refractivity contribution in [2.75, 3.05) is 46.2 Å². The minimum atomic E-state index is -1.43. The summed E-state index contributed by atoms with van der Waals surface area (Å²) in [5.41, 5.74) is 6.12. The van der Waals surface area contributed by atoms with Crippen LogP contribution in [0.1, 0.15) is 104 Å². The highest BCUT2D eigenvalue weighted by Crippen LogP contribution is 2.23. The quantitative estimate of drug-likeness (QED) is 0.0335. The van der Waals surface area contributed by atoms with E-state index in [1.807, 2.05) is 0 Å². The van der Waals surface area contributed by atoms with E-state index in [9.17, 15) is 63.6 Å². The molecule has 0 aliphatic carbocycles. The highest BCUT2D eigenvalue weighted by molar-refractivity contribution is 5.94. The van der Waals surface area contributed by atoms with Crippen LogP contribution in [0.25, 0.3) is 0 Å². The number of rotatable bonds is 38. The average molecular weight is 986 g/mol.